The van der Waals surface area contributed by atoms with Crippen molar-refractivity contribution in [3.63, 3.8) is 0 Å². The summed E-state index contributed by atoms with van der Waals surface area (Å²) in [4.78, 5) is 23.3. The first-order valence-electron chi connectivity index (χ1n) is 6.05. The van der Waals surface area contributed by atoms with Crippen molar-refractivity contribution in [3.8, 4) is 0 Å². The highest BCUT2D eigenvalue weighted by molar-refractivity contribution is 6.17. The van der Waals surface area contributed by atoms with Crippen LogP contribution in [0.1, 0.15) is 40.0 Å². The van der Waals surface area contributed by atoms with E-state index in [2.05, 4.69) is 5.32 Å². The Balaban J connectivity index is 2.55. The average Bonchev–Trinajstić information content (AvgIpc) is 2.11. The van der Waals surface area contributed by atoms with Gasteiger partial charge in [0.05, 0.1) is 0 Å². The van der Waals surface area contributed by atoms with Gasteiger partial charge in [0.25, 0.3) is 0 Å². The predicted molar refractivity (Wildman–Crippen MR) is 67.3 cm³/mol. The molecule has 0 aromatic carbocycles. The number of alkyl carbamates (subject to hydrolysis) is 1. The van der Waals surface area contributed by atoms with Crippen molar-refractivity contribution in [2.75, 3.05) is 6.07 Å². The quantitative estimate of drug-likeness (QED) is 0.633. The van der Waals surface area contributed by atoms with Crippen LogP contribution in [0.25, 0.3) is 0 Å². The van der Waals surface area contributed by atoms with Crippen LogP contribution in [0, 0.1) is 5.92 Å². The average molecular weight is 278 g/mol. The molecule has 1 atom stereocenters. The van der Waals surface area contributed by atoms with Gasteiger partial charge in [-0.2, -0.15) is 0 Å². The highest BCUT2D eigenvalue weighted by Crippen LogP contribution is 2.30. The zero-order valence-electron chi connectivity index (χ0n) is 11.0. The first kappa shape index (κ1) is 15.1. The molecule has 5 nitrogen and oxygen atoms in total. The van der Waals surface area contributed by atoms with Gasteiger partial charge in [0.15, 0.2) is 6.07 Å². The monoisotopic (exact) mass is 277 g/mol. The second-order valence-corrected chi connectivity index (χ2v) is 5.61. The van der Waals surface area contributed by atoms with Gasteiger partial charge >= 0.3 is 12.1 Å². The third kappa shape index (κ3) is 4.72. The topological polar surface area (TPSA) is 64.6 Å². The second kappa shape index (κ2) is 6.27. The Hall–Kier alpha value is -0.970. The number of nitrogens with one attached hydrogen (secondary N) is 1. The minimum atomic E-state index is -0.660. The minimum Gasteiger partial charge on any atom is -0.448 e. The standard InChI is InChI=1S/C12H20ClNO4/c1-12(2,3)18-11(16)14-9(8-5-4-6-8)10(15)17-7-13/h8-9H,4-7H2,1-3H3,(H,14,16). The summed E-state index contributed by atoms with van der Waals surface area (Å²) in [6.07, 6.45) is 2.26. The van der Waals surface area contributed by atoms with Gasteiger partial charge in [-0.3, -0.25) is 0 Å². The molecule has 18 heavy (non-hydrogen) atoms. The number of halogens is 1. The molecule has 0 spiro atoms. The number of alkyl halides is 1. The molecule has 0 aromatic rings. The van der Waals surface area contributed by atoms with E-state index in [-0.39, 0.29) is 12.0 Å². The maximum absolute atomic E-state index is 11.7. The molecule has 0 aromatic heterocycles. The molecule has 104 valence electrons. The SMILES string of the molecule is CC(C)(C)OC(=O)NC(C(=O)OCCl)C1CCC1. The van der Waals surface area contributed by atoms with Crippen molar-refractivity contribution >= 4 is 23.7 Å². The third-order valence-corrected chi connectivity index (χ3v) is 2.85. The van der Waals surface area contributed by atoms with Crippen LogP contribution in [-0.4, -0.2) is 29.8 Å². The summed E-state index contributed by atoms with van der Waals surface area (Å²) in [5.74, 6) is -0.381. The molecule has 0 saturated heterocycles. The van der Waals surface area contributed by atoms with E-state index in [1.807, 2.05) is 0 Å². The molecule has 1 amide bonds. The predicted octanol–water partition coefficient (Wildman–Crippen LogP) is 2.42. The number of hydrogen-bond acceptors (Lipinski definition) is 4. The van der Waals surface area contributed by atoms with E-state index in [9.17, 15) is 9.59 Å². The minimum absolute atomic E-state index is 0.119. The van der Waals surface area contributed by atoms with Crippen LogP contribution in [0.3, 0.4) is 0 Å². The summed E-state index contributed by atoms with van der Waals surface area (Å²) in [6, 6.07) is -0.870. The van der Waals surface area contributed by atoms with Gasteiger partial charge < -0.3 is 14.8 Å². The van der Waals surface area contributed by atoms with Crippen molar-refractivity contribution in [3.05, 3.63) is 0 Å². The summed E-state index contributed by atoms with van der Waals surface area (Å²) < 4.78 is 9.87. The van der Waals surface area contributed by atoms with Crippen molar-refractivity contribution in [1.29, 1.82) is 0 Å². The lowest BCUT2D eigenvalue weighted by Gasteiger charge is -2.33. The summed E-state index contributed by atoms with van der Waals surface area (Å²) in [5, 5.41) is 2.57. The zero-order valence-corrected chi connectivity index (χ0v) is 11.8. The summed E-state index contributed by atoms with van der Waals surface area (Å²) in [7, 11) is 0. The Labute approximate surface area is 112 Å². The van der Waals surface area contributed by atoms with Gasteiger partial charge in [-0.15, -0.1) is 0 Å². The van der Waals surface area contributed by atoms with Crippen molar-refractivity contribution in [2.45, 2.75) is 51.7 Å². The molecule has 1 saturated carbocycles. The smallest absolute Gasteiger partial charge is 0.408 e. The van der Waals surface area contributed by atoms with Gasteiger partial charge in [-0.25, -0.2) is 9.59 Å². The van der Waals surface area contributed by atoms with Gasteiger partial charge in [0, 0.05) is 0 Å². The highest BCUT2D eigenvalue weighted by Gasteiger charge is 2.35. The number of carbonyl (C=O) groups excluding carboxylic acids is 2. The largest absolute Gasteiger partial charge is 0.448 e. The van der Waals surface area contributed by atoms with Crippen LogP contribution < -0.4 is 5.32 Å². The molecular formula is C12H20ClNO4. The molecule has 1 fully saturated rings. The van der Waals surface area contributed by atoms with Crippen LogP contribution >= 0.6 is 11.6 Å². The van der Waals surface area contributed by atoms with Crippen LogP contribution in [0.2, 0.25) is 0 Å². The third-order valence-electron chi connectivity index (χ3n) is 2.74. The second-order valence-electron chi connectivity index (χ2n) is 5.39. The number of ether oxygens (including phenoxy) is 2. The molecular weight excluding hydrogens is 258 g/mol. The van der Waals surface area contributed by atoms with E-state index >= 15 is 0 Å². The molecule has 0 heterocycles. The van der Waals surface area contributed by atoms with Gasteiger partial charge in [0.1, 0.15) is 11.6 Å². The van der Waals surface area contributed by atoms with E-state index in [4.69, 9.17) is 21.1 Å². The number of rotatable bonds is 4. The summed E-state index contributed by atoms with van der Waals surface area (Å²) in [5.41, 5.74) is -0.593. The number of hydrogen-bond donors (Lipinski definition) is 1. The first-order chi connectivity index (χ1) is 8.33. The maximum Gasteiger partial charge on any atom is 0.408 e. The molecule has 0 aliphatic heterocycles. The maximum atomic E-state index is 11.7. The lowest BCUT2D eigenvalue weighted by atomic mass is 9.80. The van der Waals surface area contributed by atoms with E-state index in [1.165, 1.54) is 0 Å². The fourth-order valence-electron chi connectivity index (χ4n) is 1.72. The lowest BCUT2D eigenvalue weighted by Crippen LogP contribution is -2.50. The van der Waals surface area contributed by atoms with E-state index in [0.29, 0.717) is 0 Å². The van der Waals surface area contributed by atoms with E-state index < -0.39 is 23.7 Å². The van der Waals surface area contributed by atoms with E-state index in [0.717, 1.165) is 19.3 Å². The Kier molecular flexibility index (Phi) is 5.26. The molecule has 1 rings (SSSR count). The number of esters is 1. The highest BCUT2D eigenvalue weighted by atomic mass is 35.5. The van der Waals surface area contributed by atoms with Crippen LogP contribution in [0.15, 0.2) is 0 Å². The normalized spacial score (nSPS) is 17.6. The molecule has 0 radical (unpaired) electrons. The van der Waals surface area contributed by atoms with E-state index in [1.54, 1.807) is 20.8 Å². The Morgan fingerprint density at radius 3 is 2.39 bits per heavy atom. The summed E-state index contributed by atoms with van der Waals surface area (Å²) >= 11 is 5.36. The Morgan fingerprint density at radius 1 is 1.39 bits per heavy atom. The van der Waals surface area contributed by atoms with Crippen LogP contribution in [0.5, 0.6) is 0 Å². The Morgan fingerprint density at radius 2 is 2.00 bits per heavy atom. The fourth-order valence-corrected chi connectivity index (χ4v) is 1.83. The molecule has 1 unspecified atom stereocenters. The van der Waals surface area contributed by atoms with Crippen LogP contribution in [0.4, 0.5) is 4.79 Å². The molecule has 1 aliphatic rings. The molecule has 0 bridgehead atoms. The molecule has 1 aliphatic carbocycles. The van der Waals surface area contributed by atoms with Crippen molar-refractivity contribution in [1.82, 2.24) is 5.32 Å². The van der Waals surface area contributed by atoms with Gasteiger partial charge in [0.2, 0.25) is 0 Å². The lowest BCUT2D eigenvalue weighted by molar-refractivity contribution is -0.146. The van der Waals surface area contributed by atoms with Gasteiger partial charge in [-0.1, -0.05) is 18.0 Å². The summed E-state index contributed by atoms with van der Waals surface area (Å²) in [6.45, 7) is 5.30. The van der Waals surface area contributed by atoms with Crippen molar-refractivity contribution < 1.29 is 19.1 Å². The molecule has 1 N–H and O–H groups in total. The zero-order chi connectivity index (χ0) is 13.8. The first-order valence-corrected chi connectivity index (χ1v) is 6.59. The van der Waals surface area contributed by atoms with Crippen molar-refractivity contribution in [2.24, 2.45) is 5.92 Å². The van der Waals surface area contributed by atoms with Crippen LogP contribution in [-0.2, 0) is 14.3 Å². The van der Waals surface area contributed by atoms with Gasteiger partial charge in [-0.05, 0) is 39.5 Å². The Bertz CT molecular complexity index is 310. The molecule has 6 heteroatoms. The number of carbonyl (C=O) groups is 2. The fraction of sp³-hybridized carbons (Fsp3) is 0.833. The number of amides is 1.